The minimum Gasteiger partial charge on any atom is -0.369 e. The van der Waals surface area contributed by atoms with E-state index in [1.54, 1.807) is 12.4 Å². The lowest BCUT2D eigenvalue weighted by atomic mass is 10.3. The quantitative estimate of drug-likeness (QED) is 0.748. The van der Waals surface area contributed by atoms with Crippen molar-refractivity contribution < 1.29 is 4.79 Å². The maximum atomic E-state index is 11.9. The summed E-state index contributed by atoms with van der Waals surface area (Å²) in [7, 11) is 0. The van der Waals surface area contributed by atoms with E-state index in [9.17, 15) is 4.79 Å². The number of rotatable bonds is 5. The van der Waals surface area contributed by atoms with Crippen molar-refractivity contribution in [2.75, 3.05) is 11.9 Å². The fraction of sp³-hybridized carbons (Fsp3) is 0.333. The summed E-state index contributed by atoms with van der Waals surface area (Å²) in [6.45, 7) is 4.57. The second-order valence-corrected chi connectivity index (χ2v) is 3.99. The van der Waals surface area contributed by atoms with Crippen LogP contribution in [0.25, 0.3) is 0 Å². The molecule has 1 amide bonds. The van der Waals surface area contributed by atoms with Crippen LogP contribution in [0.15, 0.2) is 24.8 Å². The van der Waals surface area contributed by atoms with Gasteiger partial charge in [-0.25, -0.2) is 15.0 Å². The summed E-state index contributed by atoms with van der Waals surface area (Å²) in [6.07, 6.45) is 6.34. The zero-order chi connectivity index (χ0) is 13.7. The summed E-state index contributed by atoms with van der Waals surface area (Å²) in [5.41, 5.74) is 0.278. The van der Waals surface area contributed by atoms with Gasteiger partial charge in [0.05, 0.1) is 18.4 Å². The Labute approximate surface area is 110 Å². The molecule has 0 aromatic carbocycles. The number of nitrogens with zero attached hydrogens (tertiary/aromatic N) is 3. The molecule has 100 valence electrons. The van der Waals surface area contributed by atoms with Gasteiger partial charge in [-0.1, -0.05) is 0 Å². The molecule has 7 heteroatoms. The van der Waals surface area contributed by atoms with Crippen molar-refractivity contribution in [3.63, 3.8) is 0 Å². The van der Waals surface area contributed by atoms with Gasteiger partial charge in [0, 0.05) is 18.9 Å². The maximum absolute atomic E-state index is 11.9. The molecule has 0 bridgehead atoms. The summed E-state index contributed by atoms with van der Waals surface area (Å²) >= 11 is 0. The van der Waals surface area contributed by atoms with Gasteiger partial charge in [0.2, 0.25) is 0 Å². The average molecular weight is 260 g/mol. The Bertz CT molecular complexity index is 522. The van der Waals surface area contributed by atoms with Crippen LogP contribution >= 0.6 is 0 Å². The Morgan fingerprint density at radius 1 is 1.37 bits per heavy atom. The van der Waals surface area contributed by atoms with Crippen molar-refractivity contribution in [2.24, 2.45) is 0 Å². The number of aromatic nitrogens is 4. The molecule has 2 aromatic heterocycles. The van der Waals surface area contributed by atoms with Gasteiger partial charge in [-0.3, -0.25) is 4.79 Å². The number of nitrogens with one attached hydrogen (secondary N) is 3. The van der Waals surface area contributed by atoms with Gasteiger partial charge in [0.15, 0.2) is 0 Å². The third-order valence-corrected chi connectivity index (χ3v) is 2.52. The molecule has 0 radical (unpaired) electrons. The molecule has 2 heterocycles. The second-order valence-electron chi connectivity index (χ2n) is 3.99. The van der Waals surface area contributed by atoms with E-state index in [4.69, 9.17) is 0 Å². The predicted molar refractivity (Wildman–Crippen MR) is 70.7 cm³/mol. The first-order valence-corrected chi connectivity index (χ1v) is 6.06. The lowest BCUT2D eigenvalue weighted by Crippen LogP contribution is -2.28. The maximum Gasteiger partial charge on any atom is 0.272 e. The van der Waals surface area contributed by atoms with Crippen LogP contribution in [-0.2, 0) is 0 Å². The number of aromatic amines is 1. The molecule has 0 aliphatic heterocycles. The standard InChI is InChI=1S/C12H16N6O/c1-3-13-10-7-16-9(6-17-10)12(19)18-8(2)11-14-4-5-15-11/h4-8H,3H2,1-2H3,(H,13,17)(H,14,15)(H,18,19). The van der Waals surface area contributed by atoms with Gasteiger partial charge in [-0.15, -0.1) is 0 Å². The Hall–Kier alpha value is -2.44. The summed E-state index contributed by atoms with van der Waals surface area (Å²) in [5, 5.41) is 5.81. The average Bonchev–Trinajstić information content (AvgIpc) is 2.94. The number of carbonyl (C=O) groups excluding carboxylic acids is 1. The Morgan fingerprint density at radius 2 is 2.21 bits per heavy atom. The lowest BCUT2D eigenvalue weighted by molar-refractivity contribution is 0.0933. The number of imidazole rings is 1. The Balaban J connectivity index is 1.99. The fourth-order valence-corrected chi connectivity index (χ4v) is 1.57. The molecule has 0 saturated heterocycles. The first kappa shape index (κ1) is 13.0. The molecule has 0 spiro atoms. The van der Waals surface area contributed by atoms with Gasteiger partial charge >= 0.3 is 0 Å². The number of H-pyrrole nitrogens is 1. The molecule has 7 nitrogen and oxygen atoms in total. The number of carbonyl (C=O) groups is 1. The molecule has 0 fully saturated rings. The molecular weight excluding hydrogens is 244 g/mol. The lowest BCUT2D eigenvalue weighted by Gasteiger charge is -2.11. The largest absolute Gasteiger partial charge is 0.369 e. The normalized spacial score (nSPS) is 11.9. The van der Waals surface area contributed by atoms with Crippen LogP contribution in [0.3, 0.4) is 0 Å². The highest BCUT2D eigenvalue weighted by Gasteiger charge is 2.14. The highest BCUT2D eigenvalue weighted by molar-refractivity contribution is 5.92. The predicted octanol–water partition coefficient (Wildman–Crippen LogP) is 1.12. The van der Waals surface area contributed by atoms with Crippen molar-refractivity contribution in [2.45, 2.75) is 19.9 Å². The molecule has 1 unspecified atom stereocenters. The van der Waals surface area contributed by atoms with Crippen molar-refractivity contribution in [3.8, 4) is 0 Å². The first-order valence-electron chi connectivity index (χ1n) is 6.06. The molecule has 2 rings (SSSR count). The van der Waals surface area contributed by atoms with Crippen LogP contribution in [0.4, 0.5) is 5.82 Å². The summed E-state index contributed by atoms with van der Waals surface area (Å²) in [4.78, 5) is 27.1. The zero-order valence-corrected chi connectivity index (χ0v) is 10.8. The summed E-state index contributed by atoms with van der Waals surface area (Å²) in [5.74, 6) is 1.07. The van der Waals surface area contributed by atoms with E-state index in [-0.39, 0.29) is 17.6 Å². The van der Waals surface area contributed by atoms with Gasteiger partial charge < -0.3 is 15.6 Å². The number of hydrogen-bond donors (Lipinski definition) is 3. The van der Waals surface area contributed by atoms with E-state index in [0.717, 1.165) is 6.54 Å². The Morgan fingerprint density at radius 3 is 2.79 bits per heavy atom. The first-order chi connectivity index (χ1) is 9.20. The highest BCUT2D eigenvalue weighted by Crippen LogP contribution is 2.07. The molecule has 0 aliphatic carbocycles. The van der Waals surface area contributed by atoms with Crippen LogP contribution < -0.4 is 10.6 Å². The van der Waals surface area contributed by atoms with Gasteiger partial charge in [-0.2, -0.15) is 0 Å². The van der Waals surface area contributed by atoms with Crippen LogP contribution in [-0.4, -0.2) is 32.4 Å². The van der Waals surface area contributed by atoms with Crippen molar-refractivity contribution in [3.05, 3.63) is 36.3 Å². The van der Waals surface area contributed by atoms with Gasteiger partial charge in [0.1, 0.15) is 17.3 Å². The van der Waals surface area contributed by atoms with Crippen molar-refractivity contribution >= 4 is 11.7 Å². The van der Waals surface area contributed by atoms with Gasteiger partial charge in [0.25, 0.3) is 5.91 Å². The molecule has 3 N–H and O–H groups in total. The number of anilines is 1. The van der Waals surface area contributed by atoms with Crippen molar-refractivity contribution in [1.82, 2.24) is 25.3 Å². The van der Waals surface area contributed by atoms with E-state index < -0.39 is 0 Å². The SMILES string of the molecule is CCNc1cnc(C(=O)NC(C)c2ncc[nH]2)cn1. The summed E-state index contributed by atoms with van der Waals surface area (Å²) in [6, 6.07) is -0.210. The molecule has 0 saturated carbocycles. The van der Waals surface area contributed by atoms with Crippen LogP contribution in [0.5, 0.6) is 0 Å². The molecular formula is C12H16N6O. The number of hydrogen-bond acceptors (Lipinski definition) is 5. The van der Waals surface area contributed by atoms with E-state index in [2.05, 4.69) is 30.6 Å². The summed E-state index contributed by atoms with van der Waals surface area (Å²) < 4.78 is 0. The highest BCUT2D eigenvalue weighted by atomic mass is 16.1. The molecule has 1 atom stereocenters. The van der Waals surface area contributed by atoms with Gasteiger partial charge in [-0.05, 0) is 13.8 Å². The van der Waals surface area contributed by atoms with Crippen LogP contribution in [0, 0.1) is 0 Å². The molecule has 19 heavy (non-hydrogen) atoms. The van der Waals surface area contributed by atoms with E-state index in [0.29, 0.717) is 11.6 Å². The van der Waals surface area contributed by atoms with E-state index in [1.165, 1.54) is 12.4 Å². The second kappa shape index (κ2) is 5.94. The fourth-order valence-electron chi connectivity index (χ4n) is 1.57. The third kappa shape index (κ3) is 3.27. The number of amides is 1. The Kier molecular flexibility index (Phi) is 4.07. The van der Waals surface area contributed by atoms with Crippen LogP contribution in [0.2, 0.25) is 0 Å². The minimum absolute atomic E-state index is 0.210. The van der Waals surface area contributed by atoms with Crippen molar-refractivity contribution in [1.29, 1.82) is 0 Å². The van der Waals surface area contributed by atoms with Crippen LogP contribution in [0.1, 0.15) is 36.2 Å². The topological polar surface area (TPSA) is 95.6 Å². The minimum atomic E-state index is -0.278. The van der Waals surface area contributed by atoms with E-state index >= 15 is 0 Å². The monoisotopic (exact) mass is 260 g/mol. The zero-order valence-electron chi connectivity index (χ0n) is 10.8. The van der Waals surface area contributed by atoms with E-state index in [1.807, 2.05) is 13.8 Å². The third-order valence-electron chi connectivity index (χ3n) is 2.52. The molecule has 0 aliphatic rings. The molecule has 2 aromatic rings. The smallest absolute Gasteiger partial charge is 0.272 e.